The molecule has 110 valence electrons. The Balaban J connectivity index is 1.95. The summed E-state index contributed by atoms with van der Waals surface area (Å²) in [7, 11) is 0. The molecular formula is C14H13BrN3O3-. The van der Waals surface area contributed by atoms with Crippen LogP contribution in [-0.4, -0.2) is 21.7 Å². The molecule has 21 heavy (non-hydrogen) atoms. The van der Waals surface area contributed by atoms with Gasteiger partial charge in [0.15, 0.2) is 0 Å². The Morgan fingerprint density at radius 2 is 2.10 bits per heavy atom. The zero-order valence-electron chi connectivity index (χ0n) is 11.1. The number of aryl methyl sites for hydroxylation is 1. The number of carbonyl (C=O) groups is 2. The number of amides is 1. The minimum Gasteiger partial charge on any atom is -0.550 e. The van der Waals surface area contributed by atoms with E-state index in [1.807, 2.05) is 6.07 Å². The number of carbonyl (C=O) groups excluding carboxylic acids is 2. The fourth-order valence-corrected chi connectivity index (χ4v) is 2.24. The van der Waals surface area contributed by atoms with Crippen LogP contribution in [0.4, 0.5) is 5.69 Å². The lowest BCUT2D eigenvalue weighted by molar-refractivity contribution is -0.305. The van der Waals surface area contributed by atoms with Gasteiger partial charge in [0.25, 0.3) is 5.91 Å². The topological polar surface area (TPSA) is 87.0 Å². The zero-order valence-corrected chi connectivity index (χ0v) is 12.7. The smallest absolute Gasteiger partial charge is 0.256 e. The zero-order chi connectivity index (χ0) is 15.2. The van der Waals surface area contributed by atoms with Crippen molar-refractivity contribution in [3.05, 3.63) is 46.7 Å². The number of halogens is 1. The van der Waals surface area contributed by atoms with E-state index < -0.39 is 5.97 Å². The van der Waals surface area contributed by atoms with Gasteiger partial charge < -0.3 is 15.2 Å². The molecule has 0 unspecified atom stereocenters. The van der Waals surface area contributed by atoms with Crippen LogP contribution in [0.25, 0.3) is 0 Å². The van der Waals surface area contributed by atoms with Crippen molar-refractivity contribution in [3.63, 3.8) is 0 Å². The molecule has 0 fully saturated rings. The Morgan fingerprint density at radius 1 is 1.33 bits per heavy atom. The first-order chi connectivity index (χ1) is 10.1. The molecule has 1 aromatic carbocycles. The summed E-state index contributed by atoms with van der Waals surface area (Å²) in [4.78, 5) is 22.4. The third-order valence-corrected chi connectivity index (χ3v) is 3.47. The maximum atomic E-state index is 12.1. The summed E-state index contributed by atoms with van der Waals surface area (Å²) in [5.74, 6) is -1.32. The number of aliphatic carboxylic acids is 1. The van der Waals surface area contributed by atoms with Crippen LogP contribution in [0.2, 0.25) is 0 Å². The average molecular weight is 351 g/mol. The predicted molar refractivity (Wildman–Crippen MR) is 78.6 cm³/mol. The van der Waals surface area contributed by atoms with Crippen molar-refractivity contribution in [2.24, 2.45) is 0 Å². The van der Waals surface area contributed by atoms with Crippen molar-refractivity contribution in [2.75, 3.05) is 5.32 Å². The van der Waals surface area contributed by atoms with Gasteiger partial charge in [0, 0.05) is 23.2 Å². The van der Waals surface area contributed by atoms with Gasteiger partial charge in [-0.05, 0) is 40.9 Å². The number of nitrogens with one attached hydrogen (secondary N) is 1. The third kappa shape index (κ3) is 4.42. The van der Waals surface area contributed by atoms with Crippen molar-refractivity contribution in [2.45, 2.75) is 19.4 Å². The molecule has 0 bridgehead atoms. The number of hydrogen-bond acceptors (Lipinski definition) is 4. The second-order valence-corrected chi connectivity index (χ2v) is 5.26. The van der Waals surface area contributed by atoms with Crippen molar-refractivity contribution in [1.29, 1.82) is 0 Å². The summed E-state index contributed by atoms with van der Waals surface area (Å²) >= 11 is 3.32. The van der Waals surface area contributed by atoms with E-state index in [2.05, 4.69) is 26.3 Å². The summed E-state index contributed by atoms with van der Waals surface area (Å²) in [5.41, 5.74) is 1.09. The van der Waals surface area contributed by atoms with E-state index >= 15 is 0 Å². The lowest BCUT2D eigenvalue weighted by atomic mass is 10.2. The molecule has 1 N–H and O–H groups in total. The quantitative estimate of drug-likeness (QED) is 0.853. The SMILES string of the molecule is O=C([O-])CCCn1cc(NC(=O)c2ccccc2Br)cn1. The number of nitrogens with zero attached hydrogens (tertiary/aromatic N) is 2. The first kappa shape index (κ1) is 15.2. The molecule has 0 saturated heterocycles. The molecule has 0 aliphatic rings. The van der Waals surface area contributed by atoms with Gasteiger partial charge in [0.2, 0.25) is 0 Å². The lowest BCUT2D eigenvalue weighted by Crippen LogP contribution is -2.22. The fourth-order valence-electron chi connectivity index (χ4n) is 1.78. The molecule has 7 heteroatoms. The van der Waals surface area contributed by atoms with Crippen LogP contribution in [-0.2, 0) is 11.3 Å². The molecule has 0 aliphatic carbocycles. The van der Waals surface area contributed by atoms with E-state index in [1.54, 1.807) is 29.1 Å². The van der Waals surface area contributed by atoms with Gasteiger partial charge in [-0.3, -0.25) is 9.48 Å². The molecule has 0 saturated carbocycles. The van der Waals surface area contributed by atoms with E-state index in [4.69, 9.17) is 0 Å². The average Bonchev–Trinajstić information content (AvgIpc) is 2.86. The lowest BCUT2D eigenvalue weighted by Gasteiger charge is -2.04. The van der Waals surface area contributed by atoms with Gasteiger partial charge in [0.1, 0.15) is 0 Å². The van der Waals surface area contributed by atoms with Crippen molar-refractivity contribution >= 4 is 33.5 Å². The molecule has 1 heterocycles. The standard InChI is InChI=1S/C14H14BrN3O3/c15-12-5-2-1-4-11(12)14(21)17-10-8-16-18(9-10)7-3-6-13(19)20/h1-2,4-5,8-9H,3,6-7H2,(H,17,21)(H,19,20)/p-1. The molecule has 1 amide bonds. The van der Waals surface area contributed by atoms with Crippen LogP contribution < -0.4 is 10.4 Å². The minimum atomic E-state index is -1.08. The number of aromatic nitrogens is 2. The van der Waals surface area contributed by atoms with E-state index in [9.17, 15) is 14.7 Å². The third-order valence-electron chi connectivity index (χ3n) is 2.78. The highest BCUT2D eigenvalue weighted by Crippen LogP contribution is 2.17. The van der Waals surface area contributed by atoms with Gasteiger partial charge in [-0.25, -0.2) is 0 Å². The Hall–Kier alpha value is -2.15. The highest BCUT2D eigenvalue weighted by molar-refractivity contribution is 9.10. The monoisotopic (exact) mass is 350 g/mol. The number of hydrogen-bond donors (Lipinski definition) is 1. The van der Waals surface area contributed by atoms with Crippen LogP contribution in [0.3, 0.4) is 0 Å². The largest absolute Gasteiger partial charge is 0.550 e. The van der Waals surface area contributed by atoms with E-state index in [0.717, 1.165) is 0 Å². The van der Waals surface area contributed by atoms with Crippen molar-refractivity contribution in [3.8, 4) is 0 Å². The minimum absolute atomic E-state index is 0.0154. The van der Waals surface area contributed by atoms with E-state index in [1.165, 1.54) is 6.20 Å². The Morgan fingerprint density at radius 3 is 2.81 bits per heavy atom. The second kappa shape index (κ2) is 7.03. The van der Waals surface area contributed by atoms with E-state index in [-0.39, 0.29) is 12.3 Å². The van der Waals surface area contributed by atoms with Crippen molar-refractivity contribution < 1.29 is 14.7 Å². The Labute approximate surface area is 129 Å². The van der Waals surface area contributed by atoms with Crippen LogP contribution >= 0.6 is 15.9 Å². The Bertz CT molecular complexity index is 654. The van der Waals surface area contributed by atoms with Crippen LogP contribution in [0.15, 0.2) is 41.1 Å². The normalized spacial score (nSPS) is 10.3. The number of carboxylic acid groups (broad SMARTS) is 1. The highest BCUT2D eigenvalue weighted by atomic mass is 79.9. The molecule has 0 aliphatic heterocycles. The maximum absolute atomic E-state index is 12.1. The molecule has 2 aromatic rings. The number of rotatable bonds is 6. The molecule has 0 spiro atoms. The van der Waals surface area contributed by atoms with E-state index in [0.29, 0.717) is 28.7 Å². The van der Waals surface area contributed by atoms with Crippen LogP contribution in [0, 0.1) is 0 Å². The van der Waals surface area contributed by atoms with Crippen LogP contribution in [0.1, 0.15) is 23.2 Å². The summed E-state index contributed by atoms with van der Waals surface area (Å²) in [6.07, 6.45) is 3.60. The van der Waals surface area contributed by atoms with Gasteiger partial charge in [-0.2, -0.15) is 5.10 Å². The molecule has 1 aromatic heterocycles. The van der Waals surface area contributed by atoms with Crippen molar-refractivity contribution in [1.82, 2.24) is 9.78 Å². The fraction of sp³-hybridized carbons (Fsp3) is 0.214. The predicted octanol–water partition coefficient (Wildman–Crippen LogP) is 1.43. The van der Waals surface area contributed by atoms with Gasteiger partial charge in [-0.15, -0.1) is 0 Å². The number of carboxylic acids is 1. The van der Waals surface area contributed by atoms with Gasteiger partial charge in [0.05, 0.1) is 17.4 Å². The number of anilines is 1. The van der Waals surface area contributed by atoms with Crippen LogP contribution in [0.5, 0.6) is 0 Å². The first-order valence-electron chi connectivity index (χ1n) is 6.34. The molecule has 0 radical (unpaired) electrons. The van der Waals surface area contributed by atoms with Gasteiger partial charge >= 0.3 is 0 Å². The Kier molecular flexibility index (Phi) is 5.10. The molecule has 6 nitrogen and oxygen atoms in total. The second-order valence-electron chi connectivity index (χ2n) is 4.40. The summed E-state index contributed by atoms with van der Waals surface area (Å²) in [6, 6.07) is 7.11. The first-order valence-corrected chi connectivity index (χ1v) is 7.14. The summed E-state index contributed by atoms with van der Waals surface area (Å²) < 4.78 is 2.29. The molecular weight excluding hydrogens is 338 g/mol. The maximum Gasteiger partial charge on any atom is 0.256 e. The summed E-state index contributed by atoms with van der Waals surface area (Å²) in [5, 5.41) is 17.1. The molecule has 2 rings (SSSR count). The highest BCUT2D eigenvalue weighted by Gasteiger charge is 2.10. The molecule has 0 atom stereocenters. The number of benzene rings is 1. The van der Waals surface area contributed by atoms with Gasteiger partial charge in [-0.1, -0.05) is 12.1 Å². The summed E-state index contributed by atoms with van der Waals surface area (Å²) in [6.45, 7) is 0.457.